The van der Waals surface area contributed by atoms with E-state index < -0.39 is 6.10 Å². The molecule has 2 heterocycles. The summed E-state index contributed by atoms with van der Waals surface area (Å²) in [5.41, 5.74) is 0. The number of carbonyl (C=O) groups is 1. The molecule has 0 saturated carbocycles. The molecule has 0 aromatic rings. The second kappa shape index (κ2) is 5.80. The highest BCUT2D eigenvalue weighted by Crippen LogP contribution is 2.20. The lowest BCUT2D eigenvalue weighted by molar-refractivity contribution is -0.160. The molecule has 2 aliphatic rings. The first-order valence-electron chi connectivity index (χ1n) is 6.26. The zero-order valence-corrected chi connectivity index (χ0v) is 10.6. The average molecular weight is 243 g/mol. The largest absolute Gasteiger partial charge is 0.467 e. The first-order chi connectivity index (χ1) is 8.19. The van der Waals surface area contributed by atoms with Crippen LogP contribution >= 0.6 is 0 Å². The van der Waals surface area contributed by atoms with Gasteiger partial charge in [-0.25, -0.2) is 4.79 Å². The average Bonchev–Trinajstić information content (AvgIpc) is 2.74. The number of nitrogens with zero attached hydrogens (tertiary/aromatic N) is 1. The molecule has 2 rings (SSSR count). The number of ether oxygens (including phenoxy) is 3. The molecule has 3 atom stereocenters. The Labute approximate surface area is 102 Å². The molecule has 0 radical (unpaired) electrons. The molecule has 2 aliphatic heterocycles. The van der Waals surface area contributed by atoms with Crippen molar-refractivity contribution in [2.45, 2.75) is 38.1 Å². The van der Waals surface area contributed by atoms with E-state index in [1.54, 1.807) is 0 Å². The van der Waals surface area contributed by atoms with Crippen LogP contribution < -0.4 is 0 Å². The number of morpholine rings is 1. The summed E-state index contributed by atoms with van der Waals surface area (Å²) >= 11 is 0. The second-order valence-corrected chi connectivity index (χ2v) is 4.79. The Morgan fingerprint density at radius 1 is 1.47 bits per heavy atom. The normalized spacial score (nSPS) is 34.8. The molecule has 0 aliphatic carbocycles. The molecular formula is C12H21NO4. The van der Waals surface area contributed by atoms with Crippen molar-refractivity contribution >= 4 is 5.97 Å². The van der Waals surface area contributed by atoms with Crippen molar-refractivity contribution in [1.82, 2.24) is 4.90 Å². The van der Waals surface area contributed by atoms with Crippen molar-refractivity contribution in [1.29, 1.82) is 0 Å². The van der Waals surface area contributed by atoms with Crippen LogP contribution in [0, 0.1) is 0 Å². The fraction of sp³-hybridized carbons (Fsp3) is 0.917. The molecule has 2 fully saturated rings. The smallest absolute Gasteiger partial charge is 0.336 e. The highest BCUT2D eigenvalue weighted by molar-refractivity contribution is 5.74. The maximum atomic E-state index is 11.4. The van der Waals surface area contributed by atoms with Crippen LogP contribution in [0.1, 0.15) is 19.8 Å². The quantitative estimate of drug-likeness (QED) is 0.673. The number of hydrogen-bond acceptors (Lipinski definition) is 5. The molecule has 0 amide bonds. The maximum absolute atomic E-state index is 11.4. The standard InChI is InChI=1S/C12H21NO4/c1-9-3-4-10(17-9)7-13-5-6-16-11(8-13)12(14)15-2/h9-11H,3-8H2,1-2H3. The molecule has 5 heteroatoms. The lowest BCUT2D eigenvalue weighted by Gasteiger charge is -2.32. The van der Waals surface area contributed by atoms with Crippen LogP contribution in [0.3, 0.4) is 0 Å². The van der Waals surface area contributed by atoms with Crippen LogP contribution in [-0.2, 0) is 19.0 Å². The van der Waals surface area contributed by atoms with Crippen LogP contribution in [0.2, 0.25) is 0 Å². The van der Waals surface area contributed by atoms with Gasteiger partial charge in [-0.15, -0.1) is 0 Å². The van der Waals surface area contributed by atoms with E-state index in [0.29, 0.717) is 25.4 Å². The summed E-state index contributed by atoms with van der Waals surface area (Å²) in [5.74, 6) is -0.282. The zero-order chi connectivity index (χ0) is 12.3. The van der Waals surface area contributed by atoms with Crippen molar-refractivity contribution in [2.24, 2.45) is 0 Å². The van der Waals surface area contributed by atoms with Crippen molar-refractivity contribution < 1.29 is 19.0 Å². The first kappa shape index (κ1) is 12.8. The molecule has 17 heavy (non-hydrogen) atoms. The number of esters is 1. The zero-order valence-electron chi connectivity index (χ0n) is 10.6. The van der Waals surface area contributed by atoms with Gasteiger partial charge in [0, 0.05) is 19.6 Å². The van der Waals surface area contributed by atoms with Crippen molar-refractivity contribution in [3.05, 3.63) is 0 Å². The number of hydrogen-bond donors (Lipinski definition) is 0. The minimum atomic E-state index is -0.437. The Balaban J connectivity index is 1.79. The Kier molecular flexibility index (Phi) is 4.36. The van der Waals surface area contributed by atoms with Crippen molar-refractivity contribution in [3.8, 4) is 0 Å². The summed E-state index contributed by atoms with van der Waals surface area (Å²) in [6, 6.07) is 0. The third-order valence-electron chi connectivity index (χ3n) is 3.40. The van der Waals surface area contributed by atoms with E-state index in [-0.39, 0.29) is 5.97 Å². The molecule has 3 unspecified atom stereocenters. The minimum absolute atomic E-state index is 0.282. The Hall–Kier alpha value is -0.650. The van der Waals surface area contributed by atoms with E-state index in [1.165, 1.54) is 7.11 Å². The Morgan fingerprint density at radius 2 is 2.29 bits per heavy atom. The summed E-state index contributed by atoms with van der Waals surface area (Å²) < 4.78 is 15.9. The van der Waals surface area contributed by atoms with Crippen LogP contribution in [0.15, 0.2) is 0 Å². The van der Waals surface area contributed by atoms with Gasteiger partial charge in [0.25, 0.3) is 0 Å². The molecule has 2 saturated heterocycles. The molecule has 0 aromatic carbocycles. The van der Waals surface area contributed by atoms with Gasteiger partial charge in [-0.3, -0.25) is 4.90 Å². The number of rotatable bonds is 3. The first-order valence-corrected chi connectivity index (χ1v) is 6.26. The molecule has 98 valence electrons. The highest BCUT2D eigenvalue weighted by atomic mass is 16.6. The predicted octanol–water partition coefficient (Wildman–Crippen LogP) is 0.428. The molecule has 5 nitrogen and oxygen atoms in total. The van der Waals surface area contributed by atoms with Gasteiger partial charge in [0.05, 0.1) is 25.9 Å². The van der Waals surface area contributed by atoms with Gasteiger partial charge in [-0.05, 0) is 19.8 Å². The van der Waals surface area contributed by atoms with Crippen molar-refractivity contribution in [2.75, 3.05) is 33.4 Å². The van der Waals surface area contributed by atoms with Gasteiger partial charge >= 0.3 is 5.97 Å². The Morgan fingerprint density at radius 3 is 2.94 bits per heavy atom. The molecule has 0 bridgehead atoms. The van der Waals surface area contributed by atoms with Crippen molar-refractivity contribution in [3.63, 3.8) is 0 Å². The summed E-state index contributed by atoms with van der Waals surface area (Å²) in [6.07, 6.45) is 2.49. The summed E-state index contributed by atoms with van der Waals surface area (Å²) in [4.78, 5) is 13.6. The molecule has 0 spiro atoms. The van der Waals surface area contributed by atoms with Crippen LogP contribution in [-0.4, -0.2) is 62.5 Å². The topological polar surface area (TPSA) is 48.0 Å². The van der Waals surface area contributed by atoms with E-state index in [2.05, 4.69) is 11.8 Å². The Bertz CT molecular complexity index is 271. The highest BCUT2D eigenvalue weighted by Gasteiger charge is 2.30. The van der Waals surface area contributed by atoms with Crippen LogP contribution in [0.5, 0.6) is 0 Å². The van der Waals surface area contributed by atoms with E-state index in [4.69, 9.17) is 14.2 Å². The maximum Gasteiger partial charge on any atom is 0.336 e. The van der Waals surface area contributed by atoms with Gasteiger partial charge in [-0.2, -0.15) is 0 Å². The summed E-state index contributed by atoms with van der Waals surface area (Å²) in [6.45, 7) is 5.06. The van der Waals surface area contributed by atoms with E-state index in [9.17, 15) is 4.79 Å². The fourth-order valence-electron chi connectivity index (χ4n) is 2.45. The molecular weight excluding hydrogens is 222 g/mol. The third-order valence-corrected chi connectivity index (χ3v) is 3.40. The van der Waals surface area contributed by atoms with E-state index in [0.717, 1.165) is 25.9 Å². The third kappa shape index (κ3) is 3.40. The molecule has 0 N–H and O–H groups in total. The van der Waals surface area contributed by atoms with Gasteiger partial charge in [0.1, 0.15) is 0 Å². The van der Waals surface area contributed by atoms with E-state index in [1.807, 2.05) is 0 Å². The van der Waals surface area contributed by atoms with Gasteiger partial charge in [0.15, 0.2) is 6.10 Å². The van der Waals surface area contributed by atoms with Gasteiger partial charge < -0.3 is 14.2 Å². The van der Waals surface area contributed by atoms with Crippen LogP contribution in [0.25, 0.3) is 0 Å². The second-order valence-electron chi connectivity index (χ2n) is 4.79. The summed E-state index contributed by atoms with van der Waals surface area (Å²) in [7, 11) is 1.40. The van der Waals surface area contributed by atoms with Crippen LogP contribution in [0.4, 0.5) is 0 Å². The van der Waals surface area contributed by atoms with Gasteiger partial charge in [-0.1, -0.05) is 0 Å². The minimum Gasteiger partial charge on any atom is -0.467 e. The lowest BCUT2D eigenvalue weighted by atomic mass is 10.2. The molecule has 0 aromatic heterocycles. The SMILES string of the molecule is COC(=O)C1CN(CC2CCC(C)O2)CCO1. The fourth-order valence-corrected chi connectivity index (χ4v) is 2.45. The van der Waals surface area contributed by atoms with E-state index >= 15 is 0 Å². The number of carbonyl (C=O) groups excluding carboxylic acids is 1. The lowest BCUT2D eigenvalue weighted by Crippen LogP contribution is -2.48. The van der Waals surface area contributed by atoms with Gasteiger partial charge in [0.2, 0.25) is 0 Å². The predicted molar refractivity (Wildman–Crippen MR) is 61.8 cm³/mol. The summed E-state index contributed by atoms with van der Waals surface area (Å²) in [5, 5.41) is 0. The monoisotopic (exact) mass is 243 g/mol. The number of methoxy groups -OCH3 is 1.